The minimum absolute atomic E-state index is 0.0985. The molecule has 0 aliphatic heterocycles. The fraction of sp³-hybridized carbons (Fsp3) is 0.533. The van der Waals surface area contributed by atoms with Crippen molar-refractivity contribution in [2.45, 2.75) is 27.7 Å². The second kappa shape index (κ2) is 6.31. The van der Waals surface area contributed by atoms with E-state index in [0.717, 1.165) is 6.07 Å². The molecular weight excluding hydrogens is 262 g/mol. The number of nitrogens with zero attached hydrogens (tertiary/aromatic N) is 1. The van der Waals surface area contributed by atoms with Gasteiger partial charge in [-0.05, 0) is 37.4 Å². The molecule has 3 nitrogen and oxygen atoms in total. The van der Waals surface area contributed by atoms with Crippen molar-refractivity contribution < 1.29 is 13.6 Å². The molecule has 1 aromatic rings. The third-order valence-electron chi connectivity index (χ3n) is 3.32. The number of halogens is 2. The Labute approximate surface area is 118 Å². The first-order chi connectivity index (χ1) is 9.21. The van der Waals surface area contributed by atoms with E-state index in [4.69, 9.17) is 5.73 Å². The molecule has 112 valence electrons. The van der Waals surface area contributed by atoms with Gasteiger partial charge in [0.2, 0.25) is 0 Å². The number of aryl methyl sites for hydroxylation is 1. The van der Waals surface area contributed by atoms with Gasteiger partial charge in [0.25, 0.3) is 5.91 Å². The summed E-state index contributed by atoms with van der Waals surface area (Å²) in [6, 6.07) is 2.01. The second-order valence-electron chi connectivity index (χ2n) is 5.77. The molecule has 0 heterocycles. The normalized spacial score (nSPS) is 11.6. The van der Waals surface area contributed by atoms with E-state index < -0.39 is 17.5 Å². The molecule has 0 aliphatic rings. The zero-order valence-corrected chi connectivity index (χ0v) is 12.5. The summed E-state index contributed by atoms with van der Waals surface area (Å²) in [7, 11) is 0. The van der Waals surface area contributed by atoms with Gasteiger partial charge in [0.05, 0.1) is 5.56 Å². The molecule has 0 unspecified atom stereocenters. The molecule has 1 aromatic carbocycles. The highest BCUT2D eigenvalue weighted by Gasteiger charge is 2.25. The summed E-state index contributed by atoms with van der Waals surface area (Å²) in [5, 5.41) is 0. The first-order valence-electron chi connectivity index (χ1n) is 6.67. The smallest absolute Gasteiger partial charge is 0.256 e. The van der Waals surface area contributed by atoms with Crippen LogP contribution in [0.4, 0.5) is 8.78 Å². The molecular formula is C15H22F2N2O. The molecule has 2 N–H and O–H groups in total. The van der Waals surface area contributed by atoms with Gasteiger partial charge in [-0.2, -0.15) is 0 Å². The summed E-state index contributed by atoms with van der Waals surface area (Å²) < 4.78 is 27.0. The zero-order chi connectivity index (χ0) is 15.5. The third-order valence-corrected chi connectivity index (χ3v) is 3.32. The van der Waals surface area contributed by atoms with E-state index in [2.05, 4.69) is 0 Å². The quantitative estimate of drug-likeness (QED) is 0.903. The van der Waals surface area contributed by atoms with Gasteiger partial charge in [0.1, 0.15) is 11.6 Å². The van der Waals surface area contributed by atoms with Crippen LogP contribution >= 0.6 is 0 Å². The van der Waals surface area contributed by atoms with E-state index in [-0.39, 0.29) is 16.5 Å². The van der Waals surface area contributed by atoms with E-state index >= 15 is 0 Å². The van der Waals surface area contributed by atoms with Gasteiger partial charge in [-0.1, -0.05) is 13.8 Å². The maximum absolute atomic E-state index is 13.8. The number of carbonyl (C=O) groups is 1. The largest absolute Gasteiger partial charge is 0.338 e. The van der Waals surface area contributed by atoms with E-state index in [1.807, 2.05) is 20.8 Å². The number of hydrogen-bond donors (Lipinski definition) is 1. The van der Waals surface area contributed by atoms with Crippen LogP contribution in [0, 0.1) is 24.0 Å². The average Bonchev–Trinajstić information content (AvgIpc) is 2.39. The first kappa shape index (κ1) is 16.6. The Morgan fingerprint density at radius 1 is 1.30 bits per heavy atom. The molecule has 20 heavy (non-hydrogen) atoms. The van der Waals surface area contributed by atoms with Crippen LogP contribution in [0.15, 0.2) is 12.1 Å². The molecule has 0 fully saturated rings. The maximum Gasteiger partial charge on any atom is 0.256 e. The van der Waals surface area contributed by atoms with E-state index in [9.17, 15) is 13.6 Å². The van der Waals surface area contributed by atoms with Crippen molar-refractivity contribution in [2.24, 2.45) is 11.1 Å². The Hall–Kier alpha value is -1.49. The van der Waals surface area contributed by atoms with Crippen molar-refractivity contribution in [3.05, 3.63) is 34.9 Å². The predicted octanol–water partition coefficient (Wildman–Crippen LogP) is 2.72. The predicted molar refractivity (Wildman–Crippen MR) is 75.5 cm³/mol. The topological polar surface area (TPSA) is 46.3 Å². The highest BCUT2D eigenvalue weighted by molar-refractivity contribution is 5.94. The minimum Gasteiger partial charge on any atom is -0.338 e. The fourth-order valence-electron chi connectivity index (χ4n) is 1.90. The van der Waals surface area contributed by atoms with Crippen molar-refractivity contribution in [3.63, 3.8) is 0 Å². The van der Waals surface area contributed by atoms with Gasteiger partial charge in [0.15, 0.2) is 0 Å². The molecule has 1 rings (SSSR count). The molecule has 0 radical (unpaired) electrons. The number of nitrogens with two attached hydrogens (primary N) is 1. The van der Waals surface area contributed by atoms with Crippen LogP contribution in [0.1, 0.15) is 36.7 Å². The molecule has 0 spiro atoms. The molecule has 0 aliphatic carbocycles. The Morgan fingerprint density at radius 3 is 2.40 bits per heavy atom. The first-order valence-corrected chi connectivity index (χ1v) is 6.67. The molecule has 0 aromatic heterocycles. The van der Waals surface area contributed by atoms with Crippen LogP contribution < -0.4 is 5.73 Å². The molecule has 0 bridgehead atoms. The lowest BCUT2D eigenvalue weighted by Gasteiger charge is -2.31. The van der Waals surface area contributed by atoms with Crippen LogP contribution in [-0.4, -0.2) is 30.4 Å². The molecule has 0 saturated heterocycles. The van der Waals surface area contributed by atoms with E-state index in [1.165, 1.54) is 17.9 Å². The van der Waals surface area contributed by atoms with Crippen molar-refractivity contribution in [3.8, 4) is 0 Å². The van der Waals surface area contributed by atoms with Gasteiger partial charge in [-0.3, -0.25) is 4.79 Å². The summed E-state index contributed by atoms with van der Waals surface area (Å²) in [6.45, 7) is 8.49. The third kappa shape index (κ3) is 3.76. The number of amides is 1. The average molecular weight is 284 g/mol. The summed E-state index contributed by atoms with van der Waals surface area (Å²) in [5.41, 5.74) is 5.56. The molecule has 0 saturated carbocycles. The Kier molecular flexibility index (Phi) is 5.22. The Morgan fingerprint density at radius 2 is 1.90 bits per heavy atom. The standard InChI is InChI=1S/C15H22F2N2O/c1-5-19(9-15(3,4)8-18)14(20)11-6-10(2)12(16)7-13(11)17/h6-7H,5,8-9,18H2,1-4H3. The van der Waals surface area contributed by atoms with Crippen molar-refractivity contribution >= 4 is 5.91 Å². The van der Waals surface area contributed by atoms with Crippen LogP contribution in [0.2, 0.25) is 0 Å². The minimum atomic E-state index is -0.831. The molecule has 0 atom stereocenters. The number of carbonyl (C=O) groups excluding carboxylic acids is 1. The maximum atomic E-state index is 13.8. The highest BCUT2D eigenvalue weighted by atomic mass is 19.1. The van der Waals surface area contributed by atoms with Crippen molar-refractivity contribution in [1.82, 2.24) is 4.90 Å². The summed E-state index contributed by atoms with van der Waals surface area (Å²) >= 11 is 0. The van der Waals surface area contributed by atoms with Gasteiger partial charge < -0.3 is 10.6 Å². The van der Waals surface area contributed by atoms with Crippen molar-refractivity contribution in [1.29, 1.82) is 0 Å². The summed E-state index contributed by atoms with van der Waals surface area (Å²) in [6.07, 6.45) is 0. The summed E-state index contributed by atoms with van der Waals surface area (Å²) in [5.74, 6) is -1.92. The number of rotatable bonds is 5. The van der Waals surface area contributed by atoms with Gasteiger partial charge in [0, 0.05) is 19.2 Å². The van der Waals surface area contributed by atoms with Gasteiger partial charge in [-0.25, -0.2) is 8.78 Å². The SMILES string of the molecule is CCN(CC(C)(C)CN)C(=O)c1cc(C)c(F)cc1F. The number of benzene rings is 1. The van der Waals surface area contributed by atoms with Crippen molar-refractivity contribution in [2.75, 3.05) is 19.6 Å². The van der Waals surface area contributed by atoms with Gasteiger partial charge in [-0.15, -0.1) is 0 Å². The Bertz CT molecular complexity index is 501. The monoisotopic (exact) mass is 284 g/mol. The fourth-order valence-corrected chi connectivity index (χ4v) is 1.90. The molecule has 5 heteroatoms. The van der Waals surface area contributed by atoms with E-state index in [0.29, 0.717) is 19.6 Å². The van der Waals surface area contributed by atoms with Crippen LogP contribution in [0.25, 0.3) is 0 Å². The second-order valence-corrected chi connectivity index (χ2v) is 5.77. The molecule has 1 amide bonds. The van der Waals surface area contributed by atoms with Gasteiger partial charge >= 0.3 is 0 Å². The van der Waals surface area contributed by atoms with Crippen LogP contribution in [0.3, 0.4) is 0 Å². The van der Waals surface area contributed by atoms with Crippen LogP contribution in [-0.2, 0) is 0 Å². The Balaban J connectivity index is 3.06. The lowest BCUT2D eigenvalue weighted by molar-refractivity contribution is 0.0696. The lowest BCUT2D eigenvalue weighted by atomic mass is 9.92. The number of hydrogen-bond acceptors (Lipinski definition) is 2. The highest BCUT2D eigenvalue weighted by Crippen LogP contribution is 2.20. The lowest BCUT2D eigenvalue weighted by Crippen LogP contribution is -2.42. The summed E-state index contributed by atoms with van der Waals surface area (Å²) in [4.78, 5) is 13.9. The van der Waals surface area contributed by atoms with Crippen LogP contribution in [0.5, 0.6) is 0 Å². The zero-order valence-electron chi connectivity index (χ0n) is 12.5. The van der Waals surface area contributed by atoms with E-state index in [1.54, 1.807) is 0 Å².